The Kier molecular flexibility index (Phi) is 1.72. The summed E-state index contributed by atoms with van der Waals surface area (Å²) in [6, 6.07) is 8.42. The van der Waals surface area contributed by atoms with Crippen molar-refractivity contribution in [3.63, 3.8) is 0 Å². The van der Waals surface area contributed by atoms with Crippen molar-refractivity contribution in [2.45, 2.75) is 30.6 Å². The molecule has 1 aromatic rings. The summed E-state index contributed by atoms with van der Waals surface area (Å²) >= 11 is 4.47. The molecule has 0 N–H and O–H groups in total. The fraction of sp³-hybridized carbons (Fsp3) is 0.455. The predicted octanol–water partition coefficient (Wildman–Crippen LogP) is 3.27. The zero-order valence-electron chi connectivity index (χ0n) is 7.54. The molecule has 1 aliphatic carbocycles. The van der Waals surface area contributed by atoms with Gasteiger partial charge in [0.15, 0.2) is 0 Å². The van der Waals surface area contributed by atoms with E-state index >= 15 is 0 Å². The van der Waals surface area contributed by atoms with Crippen LogP contribution in [0.1, 0.15) is 25.8 Å². The van der Waals surface area contributed by atoms with Gasteiger partial charge in [-0.2, -0.15) is 0 Å². The lowest BCUT2D eigenvalue weighted by Crippen LogP contribution is -2.03. The van der Waals surface area contributed by atoms with Gasteiger partial charge < -0.3 is 0 Å². The van der Waals surface area contributed by atoms with Crippen LogP contribution in [0, 0.1) is 5.92 Å². The molecule has 1 aliphatic rings. The lowest BCUT2D eigenvalue weighted by atomic mass is 9.96. The van der Waals surface area contributed by atoms with Crippen molar-refractivity contribution in [1.29, 1.82) is 0 Å². The van der Waals surface area contributed by atoms with Gasteiger partial charge in [-0.3, -0.25) is 0 Å². The maximum atomic E-state index is 4.47. The highest BCUT2D eigenvalue weighted by Gasteiger charge is 2.48. The Morgan fingerprint density at radius 1 is 1.42 bits per heavy atom. The van der Waals surface area contributed by atoms with Gasteiger partial charge in [0.25, 0.3) is 0 Å². The van der Waals surface area contributed by atoms with E-state index in [0.29, 0.717) is 5.41 Å². The molecule has 0 aromatic heterocycles. The van der Waals surface area contributed by atoms with Crippen molar-refractivity contribution < 1.29 is 0 Å². The third-order valence-corrected chi connectivity index (χ3v) is 3.57. The molecule has 0 amide bonds. The molecule has 1 heteroatoms. The highest BCUT2D eigenvalue weighted by molar-refractivity contribution is 7.80. The van der Waals surface area contributed by atoms with E-state index in [1.165, 1.54) is 12.0 Å². The normalized spacial score (nSPS) is 33.4. The van der Waals surface area contributed by atoms with Crippen LogP contribution in [0.15, 0.2) is 29.2 Å². The number of rotatable bonds is 1. The van der Waals surface area contributed by atoms with Gasteiger partial charge >= 0.3 is 0 Å². The Labute approximate surface area is 79.4 Å². The summed E-state index contributed by atoms with van der Waals surface area (Å²) in [7, 11) is 0. The largest absolute Gasteiger partial charge is 0.143 e. The van der Waals surface area contributed by atoms with Crippen LogP contribution in [0.3, 0.4) is 0 Å². The Bertz CT molecular complexity index is 306. The molecule has 0 heterocycles. The molecule has 12 heavy (non-hydrogen) atoms. The second-order valence-corrected chi connectivity index (χ2v) is 4.52. The van der Waals surface area contributed by atoms with Crippen LogP contribution in [0.5, 0.6) is 0 Å². The minimum absolute atomic E-state index is 0.415. The molecular formula is C11H14S. The van der Waals surface area contributed by atoms with E-state index in [1.54, 1.807) is 0 Å². The summed E-state index contributed by atoms with van der Waals surface area (Å²) in [5.74, 6) is 0.825. The smallest absolute Gasteiger partial charge is 0.00776 e. The van der Waals surface area contributed by atoms with Gasteiger partial charge in [0, 0.05) is 4.90 Å². The quantitative estimate of drug-likeness (QED) is 0.627. The van der Waals surface area contributed by atoms with E-state index in [4.69, 9.17) is 0 Å². The van der Waals surface area contributed by atoms with E-state index in [1.807, 2.05) is 6.07 Å². The van der Waals surface area contributed by atoms with Crippen molar-refractivity contribution >= 4 is 12.6 Å². The Balaban J connectivity index is 2.41. The fourth-order valence-corrected chi connectivity index (χ4v) is 2.33. The van der Waals surface area contributed by atoms with E-state index in [0.717, 1.165) is 10.8 Å². The summed E-state index contributed by atoms with van der Waals surface area (Å²) in [5.41, 5.74) is 1.83. The SMILES string of the molecule is CC1CC1(C)c1ccccc1S. The second-order valence-electron chi connectivity index (χ2n) is 4.04. The maximum absolute atomic E-state index is 4.47. The average Bonchev–Trinajstić information content (AvgIpc) is 2.61. The predicted molar refractivity (Wildman–Crippen MR) is 54.8 cm³/mol. The molecular weight excluding hydrogens is 164 g/mol. The average molecular weight is 178 g/mol. The van der Waals surface area contributed by atoms with Gasteiger partial charge in [-0.25, -0.2) is 0 Å². The highest BCUT2D eigenvalue weighted by atomic mass is 32.1. The lowest BCUT2D eigenvalue weighted by Gasteiger charge is -2.12. The van der Waals surface area contributed by atoms with Crippen LogP contribution < -0.4 is 0 Å². The number of thiol groups is 1. The molecule has 0 saturated heterocycles. The maximum Gasteiger partial charge on any atom is 0.00776 e. The van der Waals surface area contributed by atoms with Crippen molar-refractivity contribution in [1.82, 2.24) is 0 Å². The molecule has 2 unspecified atom stereocenters. The molecule has 0 radical (unpaired) electrons. The Hall–Kier alpha value is -0.430. The van der Waals surface area contributed by atoms with Gasteiger partial charge in [-0.15, -0.1) is 12.6 Å². The summed E-state index contributed by atoms with van der Waals surface area (Å²) < 4.78 is 0. The third-order valence-electron chi connectivity index (χ3n) is 3.18. The van der Waals surface area contributed by atoms with Crippen LogP contribution >= 0.6 is 12.6 Å². The van der Waals surface area contributed by atoms with E-state index in [2.05, 4.69) is 44.7 Å². The fourth-order valence-electron chi connectivity index (χ4n) is 1.91. The van der Waals surface area contributed by atoms with Crippen molar-refractivity contribution in [2.75, 3.05) is 0 Å². The van der Waals surface area contributed by atoms with Crippen molar-refractivity contribution in [3.8, 4) is 0 Å². The van der Waals surface area contributed by atoms with Gasteiger partial charge in [-0.1, -0.05) is 32.0 Å². The van der Waals surface area contributed by atoms with Crippen molar-refractivity contribution in [2.24, 2.45) is 5.92 Å². The van der Waals surface area contributed by atoms with E-state index < -0.39 is 0 Å². The van der Waals surface area contributed by atoms with Crippen LogP contribution in [-0.2, 0) is 5.41 Å². The third kappa shape index (κ3) is 1.08. The zero-order valence-corrected chi connectivity index (χ0v) is 8.44. The molecule has 1 saturated carbocycles. The van der Waals surface area contributed by atoms with Crippen LogP contribution in [0.4, 0.5) is 0 Å². The Morgan fingerprint density at radius 3 is 2.50 bits per heavy atom. The standard InChI is InChI=1S/C11H14S/c1-8-7-11(8,2)9-5-3-4-6-10(9)12/h3-6,8,12H,7H2,1-2H3. The minimum atomic E-state index is 0.415. The van der Waals surface area contributed by atoms with Gasteiger partial charge in [0.05, 0.1) is 0 Å². The minimum Gasteiger partial charge on any atom is -0.143 e. The molecule has 2 atom stereocenters. The first kappa shape index (κ1) is 8.18. The molecule has 0 aliphatic heterocycles. The first-order valence-electron chi connectivity index (χ1n) is 4.43. The lowest BCUT2D eigenvalue weighted by molar-refractivity contribution is 0.688. The van der Waals surface area contributed by atoms with Crippen molar-refractivity contribution in [3.05, 3.63) is 29.8 Å². The van der Waals surface area contributed by atoms with Crippen LogP contribution in [0.2, 0.25) is 0 Å². The highest BCUT2D eigenvalue weighted by Crippen LogP contribution is 2.54. The molecule has 1 fully saturated rings. The topological polar surface area (TPSA) is 0 Å². The summed E-state index contributed by atoms with van der Waals surface area (Å²) in [5, 5.41) is 0. The molecule has 0 bridgehead atoms. The molecule has 0 nitrogen and oxygen atoms in total. The van der Waals surface area contributed by atoms with Gasteiger partial charge in [0.1, 0.15) is 0 Å². The number of hydrogen-bond acceptors (Lipinski definition) is 1. The molecule has 1 aromatic carbocycles. The van der Waals surface area contributed by atoms with Crippen LogP contribution in [-0.4, -0.2) is 0 Å². The number of benzene rings is 1. The monoisotopic (exact) mass is 178 g/mol. The van der Waals surface area contributed by atoms with E-state index in [9.17, 15) is 0 Å². The second kappa shape index (κ2) is 2.53. The van der Waals surface area contributed by atoms with E-state index in [-0.39, 0.29) is 0 Å². The summed E-state index contributed by atoms with van der Waals surface area (Å²) in [6.07, 6.45) is 1.31. The van der Waals surface area contributed by atoms with Gasteiger partial charge in [0.2, 0.25) is 0 Å². The van der Waals surface area contributed by atoms with Gasteiger partial charge in [-0.05, 0) is 29.4 Å². The molecule has 0 spiro atoms. The first-order valence-corrected chi connectivity index (χ1v) is 4.88. The zero-order chi connectivity index (χ0) is 8.77. The summed E-state index contributed by atoms with van der Waals surface area (Å²) in [6.45, 7) is 4.63. The van der Waals surface area contributed by atoms with Crippen LogP contribution in [0.25, 0.3) is 0 Å². The molecule has 64 valence electrons. The Morgan fingerprint density at radius 2 is 2.00 bits per heavy atom. The molecule has 2 rings (SSSR count). The first-order chi connectivity index (χ1) is 5.64. The summed E-state index contributed by atoms with van der Waals surface area (Å²) in [4.78, 5) is 1.14. The number of hydrogen-bond donors (Lipinski definition) is 1.